The fourth-order valence-corrected chi connectivity index (χ4v) is 2.77. The number of hydrogen-bond donors (Lipinski definition) is 3. The van der Waals surface area contributed by atoms with Crippen LogP contribution in [0.25, 0.3) is 0 Å². The molecule has 1 fully saturated rings. The first-order valence-corrected chi connectivity index (χ1v) is 8.43. The molecular weight excluding hydrogens is 306 g/mol. The van der Waals surface area contributed by atoms with E-state index < -0.39 is 11.6 Å². The first-order chi connectivity index (χ1) is 11.3. The van der Waals surface area contributed by atoms with Gasteiger partial charge >= 0.3 is 6.03 Å². The van der Waals surface area contributed by atoms with Gasteiger partial charge in [0.2, 0.25) is 0 Å². The third-order valence-electron chi connectivity index (χ3n) is 4.30. The molecule has 0 bridgehead atoms. The van der Waals surface area contributed by atoms with Gasteiger partial charge in [-0.25, -0.2) is 4.79 Å². The molecule has 0 aliphatic carbocycles. The van der Waals surface area contributed by atoms with Crippen LogP contribution in [0.5, 0.6) is 0 Å². The van der Waals surface area contributed by atoms with E-state index in [1.165, 1.54) is 6.42 Å². The Morgan fingerprint density at radius 3 is 2.50 bits per heavy atom. The number of urea groups is 1. The standard InChI is InChI=1S/C18H27N3O3/c1-13-6-4-5-11-21(13)16(23)14-7-9-15(10-8-14)19-17(24)20-18(2,3)12-22/h7-10,13,22H,4-6,11-12H2,1-3H3,(H2,19,20,24)/t13-/m0/s1. The number of aliphatic hydroxyl groups excluding tert-OH is 1. The van der Waals surface area contributed by atoms with Gasteiger partial charge in [0.05, 0.1) is 12.1 Å². The highest BCUT2D eigenvalue weighted by Crippen LogP contribution is 2.20. The van der Waals surface area contributed by atoms with Crippen molar-refractivity contribution in [2.24, 2.45) is 0 Å². The van der Waals surface area contributed by atoms with Crippen LogP contribution in [0.1, 0.15) is 50.4 Å². The Balaban J connectivity index is 1.97. The molecule has 0 spiro atoms. The summed E-state index contributed by atoms with van der Waals surface area (Å²) in [4.78, 5) is 26.4. The highest BCUT2D eigenvalue weighted by Gasteiger charge is 2.24. The number of anilines is 1. The molecule has 0 unspecified atom stereocenters. The van der Waals surface area contributed by atoms with Crippen molar-refractivity contribution in [2.75, 3.05) is 18.5 Å². The van der Waals surface area contributed by atoms with Crippen LogP contribution in [0.2, 0.25) is 0 Å². The molecule has 1 aromatic rings. The Hall–Kier alpha value is -2.08. The average Bonchev–Trinajstić information content (AvgIpc) is 2.55. The predicted molar refractivity (Wildman–Crippen MR) is 94.1 cm³/mol. The minimum Gasteiger partial charge on any atom is -0.394 e. The lowest BCUT2D eigenvalue weighted by Gasteiger charge is -2.33. The van der Waals surface area contributed by atoms with E-state index in [9.17, 15) is 9.59 Å². The second kappa shape index (κ2) is 7.66. The second-order valence-corrected chi connectivity index (χ2v) is 7.04. The lowest BCUT2D eigenvalue weighted by atomic mass is 10.0. The first-order valence-electron chi connectivity index (χ1n) is 8.43. The van der Waals surface area contributed by atoms with Crippen LogP contribution in [-0.4, -0.2) is 46.7 Å². The van der Waals surface area contributed by atoms with E-state index in [-0.39, 0.29) is 18.6 Å². The molecule has 1 heterocycles. The third-order valence-corrected chi connectivity index (χ3v) is 4.30. The lowest BCUT2D eigenvalue weighted by Crippen LogP contribution is -2.48. The Labute approximate surface area is 143 Å². The van der Waals surface area contributed by atoms with E-state index in [4.69, 9.17) is 5.11 Å². The minimum absolute atomic E-state index is 0.0413. The largest absolute Gasteiger partial charge is 0.394 e. The summed E-state index contributed by atoms with van der Waals surface area (Å²) in [6.07, 6.45) is 3.27. The van der Waals surface area contributed by atoms with Crippen LogP contribution in [0.3, 0.4) is 0 Å². The van der Waals surface area contributed by atoms with Crippen molar-refractivity contribution < 1.29 is 14.7 Å². The minimum atomic E-state index is -0.690. The van der Waals surface area contributed by atoms with Gasteiger partial charge < -0.3 is 20.6 Å². The Morgan fingerprint density at radius 2 is 1.92 bits per heavy atom. The molecule has 1 aliphatic rings. The van der Waals surface area contributed by atoms with Gasteiger partial charge in [0.15, 0.2) is 0 Å². The normalized spacial score (nSPS) is 18.2. The third kappa shape index (κ3) is 4.71. The van der Waals surface area contributed by atoms with Crippen LogP contribution in [0.15, 0.2) is 24.3 Å². The molecule has 0 saturated carbocycles. The SMILES string of the molecule is C[C@H]1CCCCN1C(=O)c1ccc(NC(=O)NC(C)(C)CO)cc1. The van der Waals surface area contributed by atoms with Crippen LogP contribution < -0.4 is 10.6 Å². The fraction of sp³-hybridized carbons (Fsp3) is 0.556. The summed E-state index contributed by atoms with van der Waals surface area (Å²) in [7, 11) is 0. The molecule has 0 radical (unpaired) electrons. The maximum absolute atomic E-state index is 12.6. The van der Waals surface area contributed by atoms with E-state index in [1.807, 2.05) is 4.90 Å². The predicted octanol–water partition coefficient (Wildman–Crippen LogP) is 2.59. The number of likely N-dealkylation sites (tertiary alicyclic amines) is 1. The first kappa shape index (κ1) is 18.3. The molecule has 6 heteroatoms. The number of amides is 3. The molecule has 1 atom stereocenters. The number of carbonyl (C=O) groups is 2. The molecule has 6 nitrogen and oxygen atoms in total. The summed E-state index contributed by atoms with van der Waals surface area (Å²) >= 11 is 0. The molecule has 3 N–H and O–H groups in total. The van der Waals surface area contributed by atoms with Gasteiger partial charge in [-0.3, -0.25) is 4.79 Å². The zero-order valence-corrected chi connectivity index (χ0v) is 14.6. The topological polar surface area (TPSA) is 81.7 Å². The van der Waals surface area contributed by atoms with Crippen molar-refractivity contribution in [2.45, 2.75) is 51.6 Å². The summed E-state index contributed by atoms with van der Waals surface area (Å²) in [6, 6.07) is 6.78. The van der Waals surface area contributed by atoms with E-state index in [0.29, 0.717) is 11.3 Å². The molecule has 1 saturated heterocycles. The van der Waals surface area contributed by atoms with Gasteiger partial charge in [-0.1, -0.05) is 0 Å². The second-order valence-electron chi connectivity index (χ2n) is 7.04. The van der Waals surface area contributed by atoms with E-state index >= 15 is 0 Å². The number of piperidine rings is 1. The van der Waals surface area contributed by atoms with Crippen LogP contribution >= 0.6 is 0 Å². The van der Waals surface area contributed by atoms with Gasteiger partial charge in [0.25, 0.3) is 5.91 Å². The molecule has 1 aromatic carbocycles. The molecule has 3 amide bonds. The monoisotopic (exact) mass is 333 g/mol. The van der Waals surface area contributed by atoms with Gasteiger partial charge in [-0.2, -0.15) is 0 Å². The fourth-order valence-electron chi connectivity index (χ4n) is 2.77. The summed E-state index contributed by atoms with van der Waals surface area (Å²) < 4.78 is 0. The zero-order chi connectivity index (χ0) is 17.7. The highest BCUT2D eigenvalue weighted by atomic mass is 16.3. The average molecular weight is 333 g/mol. The quantitative estimate of drug-likeness (QED) is 0.792. The molecule has 2 rings (SSSR count). The van der Waals surface area contributed by atoms with Crippen molar-refractivity contribution >= 4 is 17.6 Å². The van der Waals surface area contributed by atoms with Crippen LogP contribution in [-0.2, 0) is 0 Å². The molecular formula is C18H27N3O3. The molecule has 132 valence electrons. The zero-order valence-electron chi connectivity index (χ0n) is 14.6. The van der Waals surface area contributed by atoms with Crippen LogP contribution in [0, 0.1) is 0 Å². The van der Waals surface area contributed by atoms with E-state index in [0.717, 1.165) is 19.4 Å². The van der Waals surface area contributed by atoms with Crippen molar-refractivity contribution in [1.82, 2.24) is 10.2 Å². The number of benzene rings is 1. The number of hydrogen-bond acceptors (Lipinski definition) is 3. The van der Waals surface area contributed by atoms with E-state index in [2.05, 4.69) is 17.6 Å². The number of nitrogens with zero attached hydrogens (tertiary/aromatic N) is 1. The maximum atomic E-state index is 12.6. The summed E-state index contributed by atoms with van der Waals surface area (Å²) in [5.74, 6) is 0.0413. The lowest BCUT2D eigenvalue weighted by molar-refractivity contribution is 0.0635. The van der Waals surface area contributed by atoms with Crippen molar-refractivity contribution in [3.63, 3.8) is 0 Å². The van der Waals surface area contributed by atoms with Crippen molar-refractivity contribution in [1.29, 1.82) is 0 Å². The van der Waals surface area contributed by atoms with Crippen molar-refractivity contribution in [3.8, 4) is 0 Å². The van der Waals surface area contributed by atoms with Gasteiger partial charge in [-0.05, 0) is 64.3 Å². The Kier molecular flexibility index (Phi) is 5.83. The number of aliphatic hydroxyl groups is 1. The number of carbonyl (C=O) groups excluding carboxylic acids is 2. The maximum Gasteiger partial charge on any atom is 0.319 e. The van der Waals surface area contributed by atoms with Gasteiger partial charge in [-0.15, -0.1) is 0 Å². The summed E-state index contributed by atoms with van der Waals surface area (Å²) in [5, 5.41) is 14.5. The van der Waals surface area contributed by atoms with Crippen molar-refractivity contribution in [3.05, 3.63) is 29.8 Å². The highest BCUT2D eigenvalue weighted by molar-refractivity contribution is 5.95. The molecule has 1 aliphatic heterocycles. The smallest absolute Gasteiger partial charge is 0.319 e. The summed E-state index contributed by atoms with van der Waals surface area (Å²) in [6.45, 7) is 6.20. The number of rotatable bonds is 4. The summed E-state index contributed by atoms with van der Waals surface area (Å²) in [5.41, 5.74) is 0.541. The van der Waals surface area contributed by atoms with E-state index in [1.54, 1.807) is 38.1 Å². The molecule has 24 heavy (non-hydrogen) atoms. The molecule has 0 aromatic heterocycles. The Morgan fingerprint density at radius 1 is 1.25 bits per heavy atom. The Bertz CT molecular complexity index is 584. The number of nitrogens with one attached hydrogen (secondary N) is 2. The van der Waals surface area contributed by atoms with Crippen LogP contribution in [0.4, 0.5) is 10.5 Å². The van der Waals surface area contributed by atoms with Gasteiger partial charge in [0, 0.05) is 23.8 Å². The van der Waals surface area contributed by atoms with Gasteiger partial charge in [0.1, 0.15) is 0 Å².